The van der Waals surface area contributed by atoms with Gasteiger partial charge in [-0.1, -0.05) is 42.2 Å². The Bertz CT molecular complexity index is 455. The van der Waals surface area contributed by atoms with Crippen LogP contribution in [0.25, 0.3) is 0 Å². The van der Waals surface area contributed by atoms with E-state index in [4.69, 9.17) is 0 Å². The highest BCUT2D eigenvalue weighted by Crippen LogP contribution is 1.82. The second-order valence-electron chi connectivity index (χ2n) is 2.66. The lowest BCUT2D eigenvalue weighted by atomic mass is 10.4. The first-order valence-corrected chi connectivity index (χ1v) is 5.01. The normalized spacial score (nSPS) is 10.5. The van der Waals surface area contributed by atoms with Crippen LogP contribution in [0.4, 0.5) is 0 Å². The van der Waals surface area contributed by atoms with E-state index >= 15 is 0 Å². The van der Waals surface area contributed by atoms with Gasteiger partial charge in [0.1, 0.15) is 0 Å². The van der Waals surface area contributed by atoms with Gasteiger partial charge in [-0.05, 0) is 30.9 Å². The smallest absolute Gasteiger partial charge is 0.330 e. The fourth-order valence-corrected chi connectivity index (χ4v) is 0.673. The first-order valence-electron chi connectivity index (χ1n) is 5.01. The maximum atomic E-state index is 10.7. The van der Waals surface area contributed by atoms with E-state index in [0.717, 1.165) is 0 Å². The number of rotatable bonds is 3. The largest absolute Gasteiger partial charge is 0.466 e. The number of ether oxygens (including phenoxy) is 1. The maximum absolute atomic E-state index is 10.7. The predicted octanol–water partition coefficient (Wildman–Crippen LogP) is 2.41. The molecule has 0 saturated carbocycles. The van der Waals surface area contributed by atoms with Crippen molar-refractivity contribution in [3.8, 4) is 23.7 Å². The highest BCUT2D eigenvalue weighted by molar-refractivity contribution is 5.82. The van der Waals surface area contributed by atoms with Gasteiger partial charge >= 0.3 is 5.97 Å². The topological polar surface area (TPSA) is 26.3 Å². The number of carbonyl (C=O) groups excluding carboxylic acids is 1. The number of hydrogen-bond donors (Lipinski definition) is 0. The summed E-state index contributed by atoms with van der Waals surface area (Å²) in [5, 5.41) is 0. The molecule has 0 aliphatic carbocycles. The van der Waals surface area contributed by atoms with Crippen molar-refractivity contribution in [2.45, 2.75) is 6.92 Å². The van der Waals surface area contributed by atoms with Crippen molar-refractivity contribution in [2.75, 3.05) is 7.11 Å². The van der Waals surface area contributed by atoms with Gasteiger partial charge in [-0.2, -0.15) is 0 Å². The van der Waals surface area contributed by atoms with Gasteiger partial charge in [-0.15, -0.1) is 0 Å². The summed E-state index contributed by atoms with van der Waals surface area (Å²) in [5.74, 6) is 10.4. The standard InChI is InChI=1S/C15H14O2/c1-3-4-5-6-7-8-9-10-11-12-13-14-15(16)17-2/h3-4,9-14H,1-2H3. The van der Waals surface area contributed by atoms with Crippen LogP contribution in [0, 0.1) is 23.7 Å². The Morgan fingerprint density at radius 1 is 1.00 bits per heavy atom. The molecule has 0 N–H and O–H groups in total. The minimum atomic E-state index is -0.377. The van der Waals surface area contributed by atoms with Gasteiger partial charge in [0.05, 0.1) is 7.11 Å². The highest BCUT2D eigenvalue weighted by atomic mass is 16.5. The average molecular weight is 226 g/mol. The highest BCUT2D eigenvalue weighted by Gasteiger charge is 1.85. The van der Waals surface area contributed by atoms with E-state index in [2.05, 4.69) is 28.4 Å². The second kappa shape index (κ2) is 11.6. The van der Waals surface area contributed by atoms with Gasteiger partial charge in [0.25, 0.3) is 0 Å². The van der Waals surface area contributed by atoms with Gasteiger partial charge in [-0.25, -0.2) is 4.79 Å². The molecule has 0 radical (unpaired) electrons. The van der Waals surface area contributed by atoms with Gasteiger partial charge in [0.2, 0.25) is 0 Å². The molecule has 0 bridgehead atoms. The third kappa shape index (κ3) is 11.5. The molecule has 86 valence electrons. The summed E-state index contributed by atoms with van der Waals surface area (Å²) >= 11 is 0. The van der Waals surface area contributed by atoms with Crippen LogP contribution in [0.5, 0.6) is 0 Å². The van der Waals surface area contributed by atoms with E-state index in [9.17, 15) is 4.79 Å². The van der Waals surface area contributed by atoms with Crippen LogP contribution < -0.4 is 0 Å². The van der Waals surface area contributed by atoms with Gasteiger partial charge in [-0.3, -0.25) is 0 Å². The Labute approximate surface area is 102 Å². The first kappa shape index (κ1) is 14.6. The van der Waals surface area contributed by atoms with Gasteiger partial charge in [0.15, 0.2) is 0 Å². The van der Waals surface area contributed by atoms with E-state index in [-0.39, 0.29) is 5.97 Å². The van der Waals surface area contributed by atoms with Crippen molar-refractivity contribution in [2.24, 2.45) is 0 Å². The zero-order valence-corrected chi connectivity index (χ0v) is 9.94. The molecule has 0 unspecified atom stereocenters. The Morgan fingerprint density at radius 2 is 1.65 bits per heavy atom. The molecule has 0 spiro atoms. The molecule has 0 aliphatic heterocycles. The molecule has 0 saturated heterocycles. The molecule has 0 aliphatic rings. The average Bonchev–Trinajstić information content (AvgIpc) is 2.35. The summed E-state index contributed by atoms with van der Waals surface area (Å²) in [6, 6.07) is 0. The van der Waals surface area contributed by atoms with Crippen LogP contribution >= 0.6 is 0 Å². The third-order valence-corrected chi connectivity index (χ3v) is 1.40. The van der Waals surface area contributed by atoms with E-state index in [1.807, 2.05) is 13.0 Å². The number of allylic oxidation sites excluding steroid dienone is 7. The summed E-state index contributed by atoms with van der Waals surface area (Å²) in [6.07, 6.45) is 13.4. The lowest BCUT2D eigenvalue weighted by Crippen LogP contribution is -1.92. The summed E-state index contributed by atoms with van der Waals surface area (Å²) in [5.41, 5.74) is 0. The molecule has 2 heteroatoms. The monoisotopic (exact) mass is 226 g/mol. The number of hydrogen-bond acceptors (Lipinski definition) is 2. The van der Waals surface area contributed by atoms with Crippen molar-refractivity contribution < 1.29 is 9.53 Å². The molecule has 0 amide bonds. The summed E-state index contributed by atoms with van der Waals surface area (Å²) < 4.78 is 4.42. The molecule has 0 fully saturated rings. The number of esters is 1. The fraction of sp³-hybridized carbons (Fsp3) is 0.133. The van der Waals surface area contributed by atoms with Crippen LogP contribution in [0.2, 0.25) is 0 Å². The lowest BCUT2D eigenvalue weighted by molar-refractivity contribution is -0.134. The van der Waals surface area contributed by atoms with E-state index in [1.165, 1.54) is 13.2 Å². The summed E-state index contributed by atoms with van der Waals surface area (Å²) in [7, 11) is 1.33. The Kier molecular flexibility index (Phi) is 9.95. The molecule has 0 aromatic carbocycles. The third-order valence-electron chi connectivity index (χ3n) is 1.40. The van der Waals surface area contributed by atoms with Gasteiger partial charge < -0.3 is 4.74 Å². The molecule has 0 aromatic rings. The first-order chi connectivity index (χ1) is 8.31. The molecule has 0 heterocycles. The molecule has 0 atom stereocenters. The van der Waals surface area contributed by atoms with Gasteiger partial charge in [0, 0.05) is 6.08 Å². The Morgan fingerprint density at radius 3 is 2.29 bits per heavy atom. The maximum Gasteiger partial charge on any atom is 0.330 e. The fourth-order valence-electron chi connectivity index (χ4n) is 0.673. The van der Waals surface area contributed by atoms with Crippen LogP contribution in [0.15, 0.2) is 48.6 Å². The lowest BCUT2D eigenvalue weighted by Gasteiger charge is -1.85. The zero-order valence-electron chi connectivity index (χ0n) is 9.94. The minimum Gasteiger partial charge on any atom is -0.466 e. The van der Waals surface area contributed by atoms with Crippen LogP contribution in [-0.2, 0) is 9.53 Å². The van der Waals surface area contributed by atoms with Crippen LogP contribution in [0.3, 0.4) is 0 Å². The van der Waals surface area contributed by atoms with Crippen molar-refractivity contribution in [1.29, 1.82) is 0 Å². The molecule has 17 heavy (non-hydrogen) atoms. The van der Waals surface area contributed by atoms with E-state index < -0.39 is 0 Å². The second-order valence-corrected chi connectivity index (χ2v) is 2.66. The van der Waals surface area contributed by atoms with Crippen molar-refractivity contribution in [3.63, 3.8) is 0 Å². The van der Waals surface area contributed by atoms with Crippen molar-refractivity contribution >= 4 is 5.97 Å². The van der Waals surface area contributed by atoms with Crippen LogP contribution in [-0.4, -0.2) is 13.1 Å². The SMILES string of the molecule is CC=CC#CC#CC=CC=CC=CC(=O)OC. The molecule has 2 nitrogen and oxygen atoms in total. The van der Waals surface area contributed by atoms with Crippen molar-refractivity contribution in [1.82, 2.24) is 0 Å². The van der Waals surface area contributed by atoms with Crippen LogP contribution in [0.1, 0.15) is 6.92 Å². The summed E-state index contributed by atoms with van der Waals surface area (Å²) in [6.45, 7) is 1.90. The van der Waals surface area contributed by atoms with E-state index in [0.29, 0.717) is 0 Å². The molecular weight excluding hydrogens is 212 g/mol. The van der Waals surface area contributed by atoms with Crippen molar-refractivity contribution in [3.05, 3.63) is 48.6 Å². The zero-order chi connectivity index (χ0) is 12.8. The minimum absolute atomic E-state index is 0.377. The number of carbonyl (C=O) groups is 1. The Balaban J connectivity index is 3.97. The molecule has 0 aromatic heterocycles. The molecular formula is C15H14O2. The Hall–Kier alpha value is -2.45. The molecule has 0 rings (SSSR count). The predicted molar refractivity (Wildman–Crippen MR) is 69.8 cm³/mol. The number of methoxy groups -OCH3 is 1. The quantitative estimate of drug-likeness (QED) is 0.320. The van der Waals surface area contributed by atoms with E-state index in [1.54, 1.807) is 36.5 Å². The summed E-state index contributed by atoms with van der Waals surface area (Å²) in [4.78, 5) is 10.7.